The average Bonchev–Trinajstić information content (AvgIpc) is 2.30. The molecule has 0 aliphatic carbocycles. The topological polar surface area (TPSA) is 46.2 Å². The maximum absolute atomic E-state index is 12.2. The van der Waals surface area contributed by atoms with Crippen molar-refractivity contribution in [2.24, 2.45) is 0 Å². The van der Waals surface area contributed by atoms with E-state index in [1.807, 2.05) is 0 Å². The second-order valence-corrected chi connectivity index (χ2v) is 7.79. The minimum atomic E-state index is -2.94. The van der Waals surface area contributed by atoms with E-state index in [4.69, 9.17) is 0 Å². The summed E-state index contributed by atoms with van der Waals surface area (Å²) in [6, 6.07) is 6.53. The fourth-order valence-corrected chi connectivity index (χ4v) is 4.24. The Balaban J connectivity index is 1.96. The largest absolute Gasteiger partial charge is 0.381 e. The van der Waals surface area contributed by atoms with Crippen molar-refractivity contribution in [1.82, 2.24) is 0 Å². The Morgan fingerprint density at radius 3 is 2.53 bits per heavy atom. The first-order valence-electron chi connectivity index (χ1n) is 5.96. The normalized spacial score (nSPS) is 22.4. The van der Waals surface area contributed by atoms with Gasteiger partial charge in [-0.15, -0.1) is 0 Å². The van der Waals surface area contributed by atoms with Gasteiger partial charge in [0.2, 0.25) is 0 Å². The van der Waals surface area contributed by atoms with Crippen LogP contribution in [-0.2, 0) is 9.84 Å². The number of thioether (sulfide) groups is 1. The van der Waals surface area contributed by atoms with Gasteiger partial charge in [-0.05, 0) is 37.1 Å². The minimum Gasteiger partial charge on any atom is -0.381 e. The molecule has 1 fully saturated rings. The van der Waals surface area contributed by atoms with E-state index < -0.39 is 15.6 Å². The minimum absolute atomic E-state index is 0.0904. The molecule has 2 rings (SSSR count). The van der Waals surface area contributed by atoms with Gasteiger partial charge in [0.15, 0.2) is 9.84 Å². The number of sulfone groups is 1. The SMILES string of the molecule is O=S1(=O)CCCC(Nc2ccc(SC(F)F)cc2)C1. The Kier molecular flexibility index (Phi) is 4.67. The lowest BCUT2D eigenvalue weighted by atomic mass is 10.2. The Hall–Kier alpha value is -0.820. The fraction of sp³-hybridized carbons (Fsp3) is 0.500. The molecular weight excluding hydrogens is 292 g/mol. The molecule has 1 saturated heterocycles. The van der Waals surface area contributed by atoms with Crippen LogP contribution in [0.4, 0.5) is 14.5 Å². The van der Waals surface area contributed by atoms with Crippen LogP contribution >= 0.6 is 11.8 Å². The van der Waals surface area contributed by atoms with E-state index in [-0.39, 0.29) is 17.5 Å². The highest BCUT2D eigenvalue weighted by molar-refractivity contribution is 7.99. The lowest BCUT2D eigenvalue weighted by Crippen LogP contribution is -2.34. The molecule has 0 saturated carbocycles. The van der Waals surface area contributed by atoms with Crippen LogP contribution in [0.5, 0.6) is 0 Å². The molecule has 1 N–H and O–H groups in total. The molecule has 7 heteroatoms. The van der Waals surface area contributed by atoms with E-state index in [9.17, 15) is 17.2 Å². The van der Waals surface area contributed by atoms with Crippen molar-refractivity contribution in [3.05, 3.63) is 24.3 Å². The summed E-state index contributed by atoms with van der Waals surface area (Å²) < 4.78 is 47.3. The molecule has 1 unspecified atom stereocenters. The van der Waals surface area contributed by atoms with Crippen molar-refractivity contribution in [3.63, 3.8) is 0 Å². The number of halogens is 2. The third kappa shape index (κ3) is 4.65. The lowest BCUT2D eigenvalue weighted by molar-refractivity contribution is 0.252. The van der Waals surface area contributed by atoms with Gasteiger partial charge >= 0.3 is 0 Å². The highest BCUT2D eigenvalue weighted by Gasteiger charge is 2.24. The molecule has 1 aliphatic rings. The van der Waals surface area contributed by atoms with Gasteiger partial charge in [-0.3, -0.25) is 0 Å². The van der Waals surface area contributed by atoms with E-state index in [1.54, 1.807) is 24.3 Å². The molecule has 0 bridgehead atoms. The lowest BCUT2D eigenvalue weighted by Gasteiger charge is -2.24. The summed E-state index contributed by atoms with van der Waals surface area (Å²) in [7, 11) is -2.94. The van der Waals surface area contributed by atoms with Crippen molar-refractivity contribution in [2.75, 3.05) is 16.8 Å². The van der Waals surface area contributed by atoms with Crippen molar-refractivity contribution in [3.8, 4) is 0 Å². The van der Waals surface area contributed by atoms with E-state index in [2.05, 4.69) is 5.32 Å². The monoisotopic (exact) mass is 307 g/mol. The molecule has 1 heterocycles. The van der Waals surface area contributed by atoms with Crippen LogP contribution in [0.1, 0.15) is 12.8 Å². The van der Waals surface area contributed by atoms with Crippen LogP contribution < -0.4 is 5.32 Å². The number of benzene rings is 1. The second-order valence-electron chi connectivity index (χ2n) is 4.50. The third-order valence-corrected chi connectivity index (χ3v) is 5.46. The molecule has 0 spiro atoms. The predicted octanol–water partition coefficient (Wildman–Crippen LogP) is 2.99. The van der Waals surface area contributed by atoms with Crippen LogP contribution in [0, 0.1) is 0 Å². The van der Waals surface area contributed by atoms with E-state index in [1.165, 1.54) is 0 Å². The van der Waals surface area contributed by atoms with Crippen LogP contribution in [0.15, 0.2) is 29.2 Å². The van der Waals surface area contributed by atoms with Gasteiger partial charge in [-0.1, -0.05) is 11.8 Å². The first kappa shape index (κ1) is 14.6. The summed E-state index contributed by atoms with van der Waals surface area (Å²) in [4.78, 5) is 0.497. The Morgan fingerprint density at radius 2 is 1.95 bits per heavy atom. The van der Waals surface area contributed by atoms with Crippen LogP contribution in [-0.4, -0.2) is 31.7 Å². The molecule has 3 nitrogen and oxygen atoms in total. The fourth-order valence-electron chi connectivity index (χ4n) is 2.10. The zero-order chi connectivity index (χ0) is 13.9. The summed E-state index contributed by atoms with van der Waals surface area (Å²) >= 11 is 0.496. The number of alkyl halides is 2. The second kappa shape index (κ2) is 6.09. The summed E-state index contributed by atoms with van der Waals surface area (Å²) in [5.41, 5.74) is 0.765. The molecule has 1 aromatic rings. The number of hydrogen-bond acceptors (Lipinski definition) is 4. The van der Waals surface area contributed by atoms with Crippen molar-refractivity contribution < 1.29 is 17.2 Å². The van der Waals surface area contributed by atoms with Gasteiger partial charge in [0, 0.05) is 16.6 Å². The first-order chi connectivity index (χ1) is 8.94. The zero-order valence-corrected chi connectivity index (χ0v) is 11.8. The molecule has 0 radical (unpaired) electrons. The summed E-state index contributed by atoms with van der Waals surface area (Å²) in [5, 5.41) is 3.14. The van der Waals surface area contributed by atoms with Crippen molar-refractivity contribution >= 4 is 27.3 Å². The summed E-state index contributed by atoms with van der Waals surface area (Å²) in [6.07, 6.45) is 1.48. The number of anilines is 1. The van der Waals surface area contributed by atoms with E-state index >= 15 is 0 Å². The highest BCUT2D eigenvalue weighted by atomic mass is 32.2. The maximum atomic E-state index is 12.2. The third-order valence-electron chi connectivity index (χ3n) is 2.91. The van der Waals surface area contributed by atoms with E-state index in [0.29, 0.717) is 23.1 Å². The van der Waals surface area contributed by atoms with Gasteiger partial charge in [0.05, 0.1) is 11.5 Å². The van der Waals surface area contributed by atoms with Crippen LogP contribution in [0.3, 0.4) is 0 Å². The Morgan fingerprint density at radius 1 is 1.26 bits per heavy atom. The molecule has 19 heavy (non-hydrogen) atoms. The quantitative estimate of drug-likeness (QED) is 0.869. The Labute approximate surface area is 115 Å². The summed E-state index contributed by atoms with van der Waals surface area (Å²) in [5.74, 6) is -2.03. The van der Waals surface area contributed by atoms with Crippen LogP contribution in [0.25, 0.3) is 0 Å². The Bertz CT molecular complexity index is 517. The molecule has 0 amide bonds. The average molecular weight is 307 g/mol. The summed E-state index contributed by atoms with van der Waals surface area (Å²) in [6.45, 7) is 0. The predicted molar refractivity (Wildman–Crippen MR) is 73.6 cm³/mol. The van der Waals surface area contributed by atoms with Crippen LogP contribution in [0.2, 0.25) is 0 Å². The first-order valence-corrected chi connectivity index (χ1v) is 8.66. The van der Waals surface area contributed by atoms with E-state index in [0.717, 1.165) is 12.1 Å². The van der Waals surface area contributed by atoms with Gasteiger partial charge in [-0.2, -0.15) is 8.78 Å². The van der Waals surface area contributed by atoms with Gasteiger partial charge in [-0.25, -0.2) is 8.42 Å². The number of hydrogen-bond donors (Lipinski definition) is 1. The molecule has 106 valence electrons. The van der Waals surface area contributed by atoms with Gasteiger partial charge < -0.3 is 5.32 Å². The number of nitrogens with one attached hydrogen (secondary N) is 1. The number of rotatable bonds is 4. The zero-order valence-electron chi connectivity index (χ0n) is 10.2. The molecule has 1 aromatic carbocycles. The molecule has 0 aromatic heterocycles. The molecular formula is C12H15F2NO2S2. The van der Waals surface area contributed by atoms with Crippen molar-refractivity contribution in [2.45, 2.75) is 29.5 Å². The van der Waals surface area contributed by atoms with Gasteiger partial charge in [0.1, 0.15) is 0 Å². The van der Waals surface area contributed by atoms with Gasteiger partial charge in [0.25, 0.3) is 5.76 Å². The van der Waals surface area contributed by atoms with Crippen molar-refractivity contribution in [1.29, 1.82) is 0 Å². The maximum Gasteiger partial charge on any atom is 0.288 e. The molecule has 1 atom stereocenters. The standard InChI is InChI=1S/C12H15F2NO2S2/c13-12(14)18-11-5-3-9(4-6-11)15-10-2-1-7-19(16,17)8-10/h3-6,10,12,15H,1-2,7-8H2. The highest BCUT2D eigenvalue weighted by Crippen LogP contribution is 2.26. The smallest absolute Gasteiger partial charge is 0.288 e. The molecule has 1 aliphatic heterocycles.